The molecule has 0 aromatic carbocycles. The molecular weight excluding hydrogens is 264 g/mol. The smallest absolute Gasteiger partial charge is 0.0841 e. The summed E-state index contributed by atoms with van der Waals surface area (Å²) >= 11 is 0. The van der Waals surface area contributed by atoms with Gasteiger partial charge in [0, 0.05) is 31.9 Å². The Hall–Kier alpha value is -1.23. The Balaban J connectivity index is 1.57. The first kappa shape index (κ1) is 14.7. The fourth-order valence-corrected chi connectivity index (χ4v) is 3.47. The monoisotopic (exact) mass is 288 g/mol. The minimum atomic E-state index is -0.00764. The normalized spacial score (nSPS) is 29.8. The van der Waals surface area contributed by atoms with Gasteiger partial charge in [-0.05, 0) is 31.0 Å². The Bertz CT molecular complexity index is 465. The van der Waals surface area contributed by atoms with Crippen molar-refractivity contribution in [3.63, 3.8) is 0 Å². The molecule has 0 bridgehead atoms. The maximum absolute atomic E-state index is 6.14. The van der Waals surface area contributed by atoms with Crippen LogP contribution in [0.25, 0.3) is 0 Å². The van der Waals surface area contributed by atoms with E-state index in [0.717, 1.165) is 32.5 Å². The highest BCUT2D eigenvalue weighted by Gasteiger charge is 2.43. The van der Waals surface area contributed by atoms with Gasteiger partial charge in [0.15, 0.2) is 0 Å². The SMILES string of the molecule is C=CCO[C@@H]1CO[C@]2(CCCN(Cc3cccnc3)C2)C1. The van der Waals surface area contributed by atoms with Gasteiger partial charge in [-0.15, -0.1) is 6.58 Å². The minimum absolute atomic E-state index is 0.00764. The van der Waals surface area contributed by atoms with E-state index in [9.17, 15) is 0 Å². The van der Waals surface area contributed by atoms with E-state index in [1.54, 1.807) is 6.08 Å². The fraction of sp³-hybridized carbons (Fsp3) is 0.588. The van der Waals surface area contributed by atoms with Gasteiger partial charge >= 0.3 is 0 Å². The van der Waals surface area contributed by atoms with E-state index in [2.05, 4.69) is 22.5 Å². The van der Waals surface area contributed by atoms with Crippen molar-refractivity contribution in [2.45, 2.75) is 37.5 Å². The van der Waals surface area contributed by atoms with E-state index in [1.165, 1.54) is 12.0 Å². The average Bonchev–Trinajstić information content (AvgIpc) is 2.89. The molecule has 0 aliphatic carbocycles. The Morgan fingerprint density at radius 1 is 1.57 bits per heavy atom. The predicted octanol–water partition coefficient (Wildman–Crippen LogP) is 2.41. The molecule has 0 N–H and O–H groups in total. The summed E-state index contributed by atoms with van der Waals surface area (Å²) in [5.41, 5.74) is 1.26. The first-order valence-electron chi connectivity index (χ1n) is 7.77. The number of hydrogen-bond donors (Lipinski definition) is 0. The highest BCUT2D eigenvalue weighted by molar-refractivity contribution is 5.09. The number of likely N-dealkylation sites (tertiary alicyclic amines) is 1. The first-order chi connectivity index (χ1) is 10.3. The molecule has 4 heteroatoms. The van der Waals surface area contributed by atoms with Gasteiger partial charge in [-0.25, -0.2) is 0 Å². The summed E-state index contributed by atoms with van der Waals surface area (Å²) < 4.78 is 11.9. The van der Waals surface area contributed by atoms with Gasteiger partial charge in [0.2, 0.25) is 0 Å². The van der Waals surface area contributed by atoms with E-state index in [4.69, 9.17) is 9.47 Å². The molecule has 2 fully saturated rings. The molecule has 1 spiro atoms. The summed E-state index contributed by atoms with van der Waals surface area (Å²) in [4.78, 5) is 6.68. The zero-order chi connectivity index (χ0) is 14.5. The second-order valence-electron chi connectivity index (χ2n) is 6.12. The van der Waals surface area contributed by atoms with Crippen LogP contribution in [0.2, 0.25) is 0 Å². The number of rotatable bonds is 5. The molecule has 2 aliphatic rings. The molecule has 2 aliphatic heterocycles. The van der Waals surface area contributed by atoms with Crippen molar-refractivity contribution < 1.29 is 9.47 Å². The highest BCUT2D eigenvalue weighted by Crippen LogP contribution is 2.36. The van der Waals surface area contributed by atoms with Gasteiger partial charge < -0.3 is 9.47 Å². The lowest BCUT2D eigenvalue weighted by molar-refractivity contribution is -0.0544. The van der Waals surface area contributed by atoms with E-state index in [1.807, 2.05) is 18.5 Å². The lowest BCUT2D eigenvalue weighted by Gasteiger charge is -2.39. The van der Waals surface area contributed by atoms with Crippen molar-refractivity contribution in [2.24, 2.45) is 0 Å². The Kier molecular flexibility index (Phi) is 4.68. The van der Waals surface area contributed by atoms with E-state index < -0.39 is 0 Å². The first-order valence-corrected chi connectivity index (χ1v) is 7.77. The highest BCUT2D eigenvalue weighted by atomic mass is 16.6. The van der Waals surface area contributed by atoms with E-state index in [-0.39, 0.29) is 11.7 Å². The number of aromatic nitrogens is 1. The second-order valence-corrected chi connectivity index (χ2v) is 6.12. The third-order valence-corrected chi connectivity index (χ3v) is 4.37. The lowest BCUT2D eigenvalue weighted by atomic mass is 9.89. The van der Waals surface area contributed by atoms with Crippen LogP contribution in [0.5, 0.6) is 0 Å². The van der Waals surface area contributed by atoms with Crippen molar-refractivity contribution >= 4 is 0 Å². The van der Waals surface area contributed by atoms with Crippen molar-refractivity contribution in [1.29, 1.82) is 0 Å². The van der Waals surface area contributed by atoms with Gasteiger partial charge in [0.05, 0.1) is 24.9 Å². The Labute approximate surface area is 126 Å². The molecule has 3 rings (SSSR count). The molecule has 0 radical (unpaired) electrons. The summed E-state index contributed by atoms with van der Waals surface area (Å²) in [6.07, 6.45) is 9.14. The molecule has 114 valence electrons. The van der Waals surface area contributed by atoms with Crippen molar-refractivity contribution in [1.82, 2.24) is 9.88 Å². The van der Waals surface area contributed by atoms with Gasteiger partial charge in [0.25, 0.3) is 0 Å². The van der Waals surface area contributed by atoms with Crippen molar-refractivity contribution in [3.8, 4) is 0 Å². The Morgan fingerprint density at radius 3 is 3.33 bits per heavy atom. The second kappa shape index (κ2) is 6.69. The zero-order valence-electron chi connectivity index (χ0n) is 12.5. The standard InChI is InChI=1S/C17H24N2O2/c1-2-9-20-16-10-17(21-13-16)6-4-8-19(14-17)12-15-5-3-7-18-11-15/h2-3,5,7,11,16H,1,4,6,8-10,12-14H2/t16-,17+/m0/s1. The molecule has 1 aromatic rings. The van der Waals surface area contributed by atoms with Gasteiger partial charge in [-0.2, -0.15) is 0 Å². The third kappa shape index (κ3) is 3.70. The van der Waals surface area contributed by atoms with Crippen LogP contribution in [-0.4, -0.2) is 47.9 Å². The fourth-order valence-electron chi connectivity index (χ4n) is 3.47. The van der Waals surface area contributed by atoms with Gasteiger partial charge in [-0.1, -0.05) is 12.1 Å². The number of hydrogen-bond acceptors (Lipinski definition) is 4. The summed E-state index contributed by atoms with van der Waals surface area (Å²) in [5, 5.41) is 0. The maximum atomic E-state index is 6.14. The topological polar surface area (TPSA) is 34.6 Å². The molecule has 2 saturated heterocycles. The molecule has 0 saturated carbocycles. The van der Waals surface area contributed by atoms with Crippen LogP contribution in [0.3, 0.4) is 0 Å². The predicted molar refractivity (Wildman–Crippen MR) is 82.0 cm³/mol. The van der Waals surface area contributed by atoms with Crippen molar-refractivity contribution in [2.75, 3.05) is 26.3 Å². The number of piperidine rings is 1. The van der Waals surface area contributed by atoms with Crippen LogP contribution >= 0.6 is 0 Å². The summed E-state index contributed by atoms with van der Waals surface area (Å²) in [7, 11) is 0. The third-order valence-electron chi connectivity index (χ3n) is 4.37. The van der Waals surface area contributed by atoms with Gasteiger partial charge in [-0.3, -0.25) is 9.88 Å². The number of pyridine rings is 1. The van der Waals surface area contributed by atoms with Crippen LogP contribution in [0, 0.1) is 0 Å². The van der Waals surface area contributed by atoms with Crippen LogP contribution in [0.15, 0.2) is 37.2 Å². The summed E-state index contributed by atoms with van der Waals surface area (Å²) in [5.74, 6) is 0. The van der Waals surface area contributed by atoms with Crippen LogP contribution in [0.4, 0.5) is 0 Å². The largest absolute Gasteiger partial charge is 0.372 e. The maximum Gasteiger partial charge on any atom is 0.0841 e. The molecule has 2 atom stereocenters. The van der Waals surface area contributed by atoms with E-state index >= 15 is 0 Å². The Morgan fingerprint density at radius 2 is 2.52 bits per heavy atom. The number of nitrogens with zero attached hydrogens (tertiary/aromatic N) is 2. The molecule has 1 aromatic heterocycles. The van der Waals surface area contributed by atoms with E-state index in [0.29, 0.717) is 13.2 Å². The molecule has 0 unspecified atom stereocenters. The molecule has 4 nitrogen and oxygen atoms in total. The molecule has 0 amide bonds. The summed E-state index contributed by atoms with van der Waals surface area (Å²) in [6.45, 7) is 8.12. The quantitative estimate of drug-likeness (QED) is 0.779. The van der Waals surface area contributed by atoms with Crippen molar-refractivity contribution in [3.05, 3.63) is 42.7 Å². The average molecular weight is 288 g/mol. The lowest BCUT2D eigenvalue weighted by Crippen LogP contribution is -2.47. The molecular formula is C17H24N2O2. The summed E-state index contributed by atoms with van der Waals surface area (Å²) in [6, 6.07) is 4.14. The van der Waals surface area contributed by atoms with Crippen LogP contribution < -0.4 is 0 Å². The minimum Gasteiger partial charge on any atom is -0.372 e. The number of ether oxygens (including phenoxy) is 2. The van der Waals surface area contributed by atoms with Crippen LogP contribution in [0.1, 0.15) is 24.8 Å². The zero-order valence-corrected chi connectivity index (χ0v) is 12.5. The van der Waals surface area contributed by atoms with Crippen LogP contribution in [-0.2, 0) is 16.0 Å². The van der Waals surface area contributed by atoms with Gasteiger partial charge in [0.1, 0.15) is 0 Å². The molecule has 21 heavy (non-hydrogen) atoms. The molecule has 3 heterocycles.